The Morgan fingerprint density at radius 2 is 1.38 bits per heavy atom. The predicted molar refractivity (Wildman–Crippen MR) is 118 cm³/mol. The highest BCUT2D eigenvalue weighted by Gasteiger charge is 2.25. The molecule has 0 spiro atoms. The molecule has 150 valence electrons. The molecule has 1 amide bonds. The van der Waals surface area contributed by atoms with E-state index in [1.807, 2.05) is 66.4 Å². The molecule has 1 atom stereocenters. The van der Waals surface area contributed by atoms with E-state index in [-0.39, 0.29) is 5.91 Å². The molecule has 3 nitrogen and oxygen atoms in total. The van der Waals surface area contributed by atoms with Gasteiger partial charge in [-0.2, -0.15) is 0 Å². The predicted octanol–water partition coefficient (Wildman–Crippen LogP) is 5.69. The number of hydrogen-bond acceptors (Lipinski definition) is 2. The van der Waals surface area contributed by atoms with Gasteiger partial charge in [-0.1, -0.05) is 73.7 Å². The van der Waals surface area contributed by atoms with E-state index in [4.69, 9.17) is 4.74 Å². The Kier molecular flexibility index (Phi) is 7.07. The molecule has 0 saturated heterocycles. The molecule has 0 aliphatic carbocycles. The molecule has 3 heteroatoms. The molecule has 0 radical (unpaired) electrons. The number of benzene rings is 3. The maximum absolute atomic E-state index is 13.4. The monoisotopic (exact) mass is 387 g/mol. The molecule has 0 aromatic heterocycles. The third-order valence-electron chi connectivity index (χ3n) is 5.15. The van der Waals surface area contributed by atoms with Gasteiger partial charge in [0.15, 0.2) is 6.10 Å². The fourth-order valence-corrected chi connectivity index (χ4v) is 3.28. The van der Waals surface area contributed by atoms with E-state index >= 15 is 0 Å². The number of carbonyl (C=O) groups excluding carboxylic acids is 1. The van der Waals surface area contributed by atoms with Crippen LogP contribution in [0.1, 0.15) is 35.6 Å². The van der Waals surface area contributed by atoms with Crippen LogP contribution in [0.5, 0.6) is 5.75 Å². The molecule has 0 saturated carbocycles. The molecule has 3 aromatic carbocycles. The van der Waals surface area contributed by atoms with E-state index in [0.29, 0.717) is 19.5 Å². The second-order valence-electron chi connectivity index (χ2n) is 7.43. The zero-order valence-corrected chi connectivity index (χ0v) is 17.5. The number of nitrogens with zero attached hydrogens (tertiary/aromatic N) is 1. The van der Waals surface area contributed by atoms with Crippen molar-refractivity contribution in [1.82, 2.24) is 4.90 Å². The molecular weight excluding hydrogens is 358 g/mol. The molecule has 0 aliphatic heterocycles. The fourth-order valence-electron chi connectivity index (χ4n) is 3.28. The normalized spacial score (nSPS) is 11.7. The van der Waals surface area contributed by atoms with E-state index in [9.17, 15) is 4.79 Å². The minimum Gasteiger partial charge on any atom is -0.481 e. The summed E-state index contributed by atoms with van der Waals surface area (Å²) in [5.74, 6) is 0.756. The lowest BCUT2D eigenvalue weighted by Gasteiger charge is -2.28. The molecule has 29 heavy (non-hydrogen) atoms. The Morgan fingerprint density at radius 3 is 1.86 bits per heavy atom. The Balaban J connectivity index is 1.81. The van der Waals surface area contributed by atoms with Crippen molar-refractivity contribution in [1.29, 1.82) is 0 Å². The van der Waals surface area contributed by atoms with Crippen molar-refractivity contribution in [3.8, 4) is 5.75 Å². The van der Waals surface area contributed by atoms with Crippen LogP contribution in [0.25, 0.3) is 0 Å². The highest BCUT2D eigenvalue weighted by atomic mass is 16.5. The van der Waals surface area contributed by atoms with Gasteiger partial charge in [0.25, 0.3) is 5.91 Å². The number of carbonyl (C=O) groups is 1. The van der Waals surface area contributed by atoms with Crippen molar-refractivity contribution in [3.63, 3.8) is 0 Å². The molecule has 0 N–H and O–H groups in total. The van der Waals surface area contributed by atoms with Crippen molar-refractivity contribution >= 4 is 5.91 Å². The summed E-state index contributed by atoms with van der Waals surface area (Å²) in [6, 6.07) is 26.2. The third-order valence-corrected chi connectivity index (χ3v) is 5.15. The van der Waals surface area contributed by atoms with Crippen LogP contribution in [0.2, 0.25) is 0 Å². The van der Waals surface area contributed by atoms with E-state index in [1.54, 1.807) is 0 Å². The second kappa shape index (κ2) is 9.92. The van der Waals surface area contributed by atoms with E-state index < -0.39 is 6.10 Å². The SMILES string of the molecule is CC[C@H](Oc1ccc(C)c(C)c1)C(=O)N(Cc1ccccc1)Cc1ccccc1. The Morgan fingerprint density at radius 1 is 0.828 bits per heavy atom. The molecule has 0 bridgehead atoms. The summed E-state index contributed by atoms with van der Waals surface area (Å²) in [5.41, 5.74) is 4.59. The standard InChI is InChI=1S/C26H29NO2/c1-4-25(29-24-16-15-20(2)21(3)17-24)26(28)27(18-22-11-7-5-8-12-22)19-23-13-9-6-10-14-23/h5-17,25H,4,18-19H2,1-3H3/t25-/m0/s1. The van der Waals surface area contributed by atoms with Crippen molar-refractivity contribution in [2.24, 2.45) is 0 Å². The van der Waals surface area contributed by atoms with Crippen LogP contribution in [0.4, 0.5) is 0 Å². The van der Waals surface area contributed by atoms with Crippen LogP contribution in [-0.2, 0) is 17.9 Å². The van der Waals surface area contributed by atoms with Gasteiger partial charge in [0, 0.05) is 13.1 Å². The molecule has 0 aliphatic rings. The van der Waals surface area contributed by atoms with Gasteiger partial charge in [-0.15, -0.1) is 0 Å². The number of rotatable bonds is 8. The summed E-state index contributed by atoms with van der Waals surface area (Å²) in [7, 11) is 0. The van der Waals surface area contributed by atoms with Gasteiger partial charge in [0.2, 0.25) is 0 Å². The summed E-state index contributed by atoms with van der Waals surface area (Å²) in [6.07, 6.45) is 0.107. The zero-order valence-electron chi connectivity index (χ0n) is 17.5. The number of aryl methyl sites for hydroxylation is 2. The van der Waals surface area contributed by atoms with Gasteiger partial charge in [-0.05, 0) is 54.7 Å². The van der Waals surface area contributed by atoms with E-state index in [2.05, 4.69) is 38.1 Å². The van der Waals surface area contributed by atoms with Crippen molar-refractivity contribution < 1.29 is 9.53 Å². The fraction of sp³-hybridized carbons (Fsp3) is 0.269. The molecule has 0 fully saturated rings. The van der Waals surface area contributed by atoms with E-state index in [0.717, 1.165) is 22.4 Å². The maximum atomic E-state index is 13.4. The molecule has 0 unspecified atom stereocenters. The third kappa shape index (κ3) is 5.71. The lowest BCUT2D eigenvalue weighted by molar-refractivity contribution is -0.140. The first kappa shape index (κ1) is 20.7. The Hall–Kier alpha value is -3.07. The summed E-state index contributed by atoms with van der Waals surface area (Å²) in [5, 5.41) is 0. The van der Waals surface area contributed by atoms with Gasteiger partial charge in [-0.3, -0.25) is 4.79 Å². The maximum Gasteiger partial charge on any atom is 0.264 e. The average molecular weight is 388 g/mol. The second-order valence-corrected chi connectivity index (χ2v) is 7.43. The number of ether oxygens (including phenoxy) is 1. The zero-order chi connectivity index (χ0) is 20.6. The van der Waals surface area contributed by atoms with Crippen LogP contribution in [0.15, 0.2) is 78.9 Å². The van der Waals surface area contributed by atoms with Gasteiger partial charge in [0.05, 0.1) is 0 Å². The van der Waals surface area contributed by atoms with Gasteiger partial charge >= 0.3 is 0 Å². The van der Waals surface area contributed by atoms with Gasteiger partial charge in [-0.25, -0.2) is 0 Å². The largest absolute Gasteiger partial charge is 0.481 e. The van der Waals surface area contributed by atoms with Gasteiger partial charge in [0.1, 0.15) is 5.75 Å². The highest BCUT2D eigenvalue weighted by Crippen LogP contribution is 2.20. The summed E-state index contributed by atoms with van der Waals surface area (Å²) >= 11 is 0. The topological polar surface area (TPSA) is 29.5 Å². The first-order chi connectivity index (χ1) is 14.1. The lowest BCUT2D eigenvalue weighted by Crippen LogP contribution is -2.41. The minimum atomic E-state index is -0.510. The van der Waals surface area contributed by atoms with Gasteiger partial charge < -0.3 is 9.64 Å². The first-order valence-corrected chi connectivity index (χ1v) is 10.2. The van der Waals surface area contributed by atoms with Crippen LogP contribution in [0.3, 0.4) is 0 Å². The van der Waals surface area contributed by atoms with Crippen molar-refractivity contribution in [3.05, 3.63) is 101 Å². The van der Waals surface area contributed by atoms with Crippen molar-refractivity contribution in [2.75, 3.05) is 0 Å². The lowest BCUT2D eigenvalue weighted by atomic mass is 10.1. The quantitative estimate of drug-likeness (QED) is 0.497. The molecule has 3 aromatic rings. The molecule has 0 heterocycles. The number of amides is 1. The van der Waals surface area contributed by atoms with Crippen LogP contribution in [-0.4, -0.2) is 16.9 Å². The Labute approximate surface area is 174 Å². The smallest absolute Gasteiger partial charge is 0.264 e. The van der Waals surface area contributed by atoms with Crippen LogP contribution < -0.4 is 4.74 Å². The summed E-state index contributed by atoms with van der Waals surface area (Å²) in [6.45, 7) is 7.24. The van der Waals surface area contributed by atoms with Crippen LogP contribution >= 0.6 is 0 Å². The Bertz CT molecular complexity index is 880. The minimum absolute atomic E-state index is 0.0124. The average Bonchev–Trinajstić information content (AvgIpc) is 2.75. The summed E-state index contributed by atoms with van der Waals surface area (Å²) < 4.78 is 6.13. The first-order valence-electron chi connectivity index (χ1n) is 10.2. The highest BCUT2D eigenvalue weighted by molar-refractivity contribution is 5.81. The molecule has 3 rings (SSSR count). The summed E-state index contributed by atoms with van der Waals surface area (Å²) in [4.78, 5) is 15.3. The van der Waals surface area contributed by atoms with E-state index in [1.165, 1.54) is 5.56 Å². The number of hydrogen-bond donors (Lipinski definition) is 0. The van der Waals surface area contributed by atoms with Crippen LogP contribution in [0, 0.1) is 13.8 Å². The van der Waals surface area contributed by atoms with Crippen molar-refractivity contribution in [2.45, 2.75) is 46.4 Å². The molecular formula is C26H29NO2.